The number of carbonyl (C=O) groups is 1. The molecule has 1 atom stereocenters. The molecular formula is C21H24FN5O2. The lowest BCUT2D eigenvalue weighted by Gasteiger charge is -2.30. The van der Waals surface area contributed by atoms with Gasteiger partial charge in [-0.25, -0.2) is 9.37 Å². The van der Waals surface area contributed by atoms with Gasteiger partial charge in [0.2, 0.25) is 0 Å². The van der Waals surface area contributed by atoms with E-state index in [1.165, 1.54) is 25.0 Å². The standard InChI is InChI=1S/C21H24FN5O2/c1-21(13-29-12-19(23)26-21)16-10-14(4-6-17(16)22)25-20(28)18-7-5-15(11-24-18)27-8-2-3-9-27/h4-7,10-11H,2-3,8-9,12-13H2,1H3,(H2,23,26)(H,25,28). The fourth-order valence-corrected chi connectivity index (χ4v) is 3.77. The summed E-state index contributed by atoms with van der Waals surface area (Å²) in [6.07, 6.45) is 4.07. The van der Waals surface area contributed by atoms with E-state index in [2.05, 4.69) is 20.2 Å². The zero-order valence-corrected chi connectivity index (χ0v) is 16.3. The van der Waals surface area contributed by atoms with Crippen LogP contribution in [0, 0.1) is 5.82 Å². The van der Waals surface area contributed by atoms with Crippen LogP contribution in [0.4, 0.5) is 15.8 Å². The van der Waals surface area contributed by atoms with Gasteiger partial charge in [0.1, 0.15) is 29.5 Å². The van der Waals surface area contributed by atoms with Gasteiger partial charge in [-0.3, -0.25) is 9.79 Å². The summed E-state index contributed by atoms with van der Waals surface area (Å²) in [4.78, 5) is 23.5. The van der Waals surface area contributed by atoms with Crippen molar-refractivity contribution in [2.75, 3.05) is 36.5 Å². The highest BCUT2D eigenvalue weighted by Gasteiger charge is 2.33. The minimum Gasteiger partial charge on any atom is -0.386 e. The van der Waals surface area contributed by atoms with E-state index >= 15 is 0 Å². The molecule has 152 valence electrons. The minimum atomic E-state index is -0.942. The molecule has 4 rings (SSSR count). The molecule has 3 heterocycles. The molecule has 29 heavy (non-hydrogen) atoms. The summed E-state index contributed by atoms with van der Waals surface area (Å²) in [5.74, 6) is -0.473. The Hall–Kier alpha value is -3.00. The summed E-state index contributed by atoms with van der Waals surface area (Å²) in [5.41, 5.74) is 6.92. The Kier molecular flexibility index (Phi) is 5.19. The molecule has 0 bridgehead atoms. The number of aromatic nitrogens is 1. The number of ether oxygens (including phenoxy) is 1. The third kappa shape index (κ3) is 4.07. The fraction of sp³-hybridized carbons (Fsp3) is 0.381. The van der Waals surface area contributed by atoms with Gasteiger partial charge in [-0.2, -0.15) is 0 Å². The van der Waals surface area contributed by atoms with E-state index < -0.39 is 11.4 Å². The van der Waals surface area contributed by atoms with Crippen molar-refractivity contribution < 1.29 is 13.9 Å². The van der Waals surface area contributed by atoms with Crippen LogP contribution in [-0.4, -0.2) is 43.0 Å². The maximum atomic E-state index is 14.5. The van der Waals surface area contributed by atoms with Gasteiger partial charge in [-0.05, 0) is 50.1 Å². The third-order valence-corrected chi connectivity index (χ3v) is 5.28. The summed E-state index contributed by atoms with van der Waals surface area (Å²) in [6.45, 7) is 4.22. The highest BCUT2D eigenvalue weighted by molar-refractivity contribution is 6.03. The van der Waals surface area contributed by atoms with Crippen molar-refractivity contribution in [1.82, 2.24) is 4.98 Å². The highest BCUT2D eigenvalue weighted by Crippen LogP contribution is 2.32. The second-order valence-electron chi connectivity index (χ2n) is 7.61. The molecule has 1 fully saturated rings. The molecular weight excluding hydrogens is 373 g/mol. The van der Waals surface area contributed by atoms with Crippen molar-refractivity contribution in [2.45, 2.75) is 25.3 Å². The zero-order valence-electron chi connectivity index (χ0n) is 16.3. The van der Waals surface area contributed by atoms with Gasteiger partial charge in [0.05, 0.1) is 18.5 Å². The number of carbonyl (C=O) groups excluding carboxylic acids is 1. The molecule has 0 saturated carbocycles. The van der Waals surface area contributed by atoms with E-state index in [0.717, 1.165) is 18.8 Å². The number of amides is 1. The molecule has 2 aliphatic rings. The normalized spacial score (nSPS) is 21.7. The lowest BCUT2D eigenvalue weighted by Crippen LogP contribution is -2.38. The van der Waals surface area contributed by atoms with Crippen LogP contribution in [0.2, 0.25) is 0 Å². The summed E-state index contributed by atoms with van der Waals surface area (Å²) in [5, 5.41) is 2.78. The number of nitrogens with zero attached hydrogens (tertiary/aromatic N) is 3. The number of hydrogen-bond acceptors (Lipinski definition) is 6. The van der Waals surface area contributed by atoms with Crippen molar-refractivity contribution in [3.05, 3.63) is 53.6 Å². The molecule has 0 aliphatic carbocycles. The Morgan fingerprint density at radius 2 is 2.07 bits per heavy atom. The van der Waals surface area contributed by atoms with Crippen LogP contribution in [0.1, 0.15) is 35.8 Å². The topological polar surface area (TPSA) is 92.8 Å². The number of benzene rings is 1. The molecule has 0 spiro atoms. The van der Waals surface area contributed by atoms with E-state index in [1.807, 2.05) is 6.07 Å². The molecule has 0 radical (unpaired) electrons. The first-order valence-electron chi connectivity index (χ1n) is 9.69. The number of amidine groups is 1. The molecule has 3 N–H and O–H groups in total. The van der Waals surface area contributed by atoms with Gasteiger partial charge in [0.15, 0.2) is 0 Å². The van der Waals surface area contributed by atoms with E-state index in [1.54, 1.807) is 25.3 Å². The fourth-order valence-electron chi connectivity index (χ4n) is 3.77. The number of aliphatic imine (C=N–C) groups is 1. The van der Waals surface area contributed by atoms with Gasteiger partial charge in [0.25, 0.3) is 5.91 Å². The van der Waals surface area contributed by atoms with Gasteiger partial charge < -0.3 is 20.7 Å². The third-order valence-electron chi connectivity index (χ3n) is 5.28. The Morgan fingerprint density at radius 1 is 1.28 bits per heavy atom. The van der Waals surface area contributed by atoms with Gasteiger partial charge in [0, 0.05) is 24.3 Å². The number of pyridine rings is 1. The number of halogens is 1. The number of nitrogens with one attached hydrogen (secondary N) is 1. The van der Waals surface area contributed by atoms with E-state index in [-0.39, 0.29) is 19.1 Å². The van der Waals surface area contributed by atoms with Gasteiger partial charge >= 0.3 is 0 Å². The number of hydrogen-bond donors (Lipinski definition) is 2. The summed E-state index contributed by atoms with van der Waals surface area (Å²) >= 11 is 0. The van der Waals surface area contributed by atoms with Crippen LogP contribution in [0.15, 0.2) is 41.5 Å². The first-order valence-corrected chi connectivity index (χ1v) is 9.69. The minimum absolute atomic E-state index is 0.210. The van der Waals surface area contributed by atoms with Crippen molar-refractivity contribution in [2.24, 2.45) is 10.7 Å². The quantitative estimate of drug-likeness (QED) is 0.827. The molecule has 1 unspecified atom stereocenters. The number of anilines is 2. The lowest BCUT2D eigenvalue weighted by atomic mass is 9.92. The molecule has 2 aromatic rings. The van der Waals surface area contributed by atoms with Crippen molar-refractivity contribution in [3.8, 4) is 0 Å². The molecule has 1 saturated heterocycles. The Balaban J connectivity index is 1.52. The van der Waals surface area contributed by atoms with Crippen molar-refractivity contribution in [3.63, 3.8) is 0 Å². The monoisotopic (exact) mass is 397 g/mol. The van der Waals surface area contributed by atoms with Crippen molar-refractivity contribution in [1.29, 1.82) is 0 Å². The molecule has 7 nitrogen and oxygen atoms in total. The Labute approximate surface area is 168 Å². The van der Waals surface area contributed by atoms with E-state index in [9.17, 15) is 9.18 Å². The first-order chi connectivity index (χ1) is 13.9. The smallest absolute Gasteiger partial charge is 0.274 e. The maximum absolute atomic E-state index is 14.5. The second kappa shape index (κ2) is 7.79. The van der Waals surface area contributed by atoms with Crippen LogP contribution in [0.3, 0.4) is 0 Å². The summed E-state index contributed by atoms with van der Waals surface area (Å²) in [6, 6.07) is 7.99. The van der Waals surface area contributed by atoms with E-state index in [0.29, 0.717) is 22.8 Å². The average molecular weight is 397 g/mol. The highest BCUT2D eigenvalue weighted by atomic mass is 19.1. The predicted molar refractivity (Wildman–Crippen MR) is 110 cm³/mol. The summed E-state index contributed by atoms with van der Waals surface area (Å²) in [7, 11) is 0. The van der Waals surface area contributed by atoms with Gasteiger partial charge in [-0.15, -0.1) is 0 Å². The molecule has 8 heteroatoms. The lowest BCUT2D eigenvalue weighted by molar-refractivity contribution is 0.102. The SMILES string of the molecule is CC1(c2cc(NC(=O)c3ccc(N4CCCC4)cn3)ccc2F)COCC(N)=N1. The van der Waals surface area contributed by atoms with E-state index in [4.69, 9.17) is 10.5 Å². The Morgan fingerprint density at radius 3 is 2.76 bits per heavy atom. The second-order valence-corrected chi connectivity index (χ2v) is 7.61. The largest absolute Gasteiger partial charge is 0.386 e. The summed E-state index contributed by atoms with van der Waals surface area (Å²) < 4.78 is 19.9. The van der Waals surface area contributed by atoms with Crippen molar-refractivity contribution >= 4 is 23.1 Å². The maximum Gasteiger partial charge on any atom is 0.274 e. The molecule has 2 aliphatic heterocycles. The van der Waals surface area contributed by atoms with Crippen LogP contribution in [-0.2, 0) is 10.3 Å². The Bertz CT molecular complexity index is 941. The zero-order chi connectivity index (χ0) is 20.4. The number of rotatable bonds is 4. The first kappa shape index (κ1) is 19.3. The average Bonchev–Trinajstić information content (AvgIpc) is 3.24. The van der Waals surface area contributed by atoms with Crippen LogP contribution < -0.4 is 16.0 Å². The number of nitrogens with two attached hydrogens (primary N) is 1. The van der Waals surface area contributed by atoms with Gasteiger partial charge in [-0.1, -0.05) is 0 Å². The molecule has 1 aromatic heterocycles. The van der Waals surface area contributed by atoms with Crippen LogP contribution in [0.25, 0.3) is 0 Å². The van der Waals surface area contributed by atoms with Crippen LogP contribution >= 0.6 is 0 Å². The van der Waals surface area contributed by atoms with Crippen LogP contribution in [0.5, 0.6) is 0 Å². The molecule has 1 amide bonds. The predicted octanol–water partition coefficient (Wildman–Crippen LogP) is 2.68. The molecule has 1 aromatic carbocycles.